The average molecular weight is 262 g/mol. The van der Waals surface area contributed by atoms with Crippen LogP contribution in [0.2, 0.25) is 0 Å². The Morgan fingerprint density at radius 1 is 1.07 bits per heavy atom. The number of carboxylic acids is 1. The van der Waals surface area contributed by atoms with Gasteiger partial charge in [-0.1, -0.05) is 0 Å². The first-order valence-electron chi connectivity index (χ1n) is 3.47. The number of rotatable bonds is 5. The van der Waals surface area contributed by atoms with E-state index in [4.69, 9.17) is 30.6 Å². The van der Waals surface area contributed by atoms with Crippen LogP contribution in [-0.4, -0.2) is 67.6 Å². The van der Waals surface area contributed by atoms with Gasteiger partial charge in [0.25, 0.3) is 0 Å². The second-order valence-corrected chi connectivity index (χ2v) is 2.51. The fourth-order valence-corrected chi connectivity index (χ4v) is 0.668. The number of carboxylic acid groups (broad SMARTS) is 1. The summed E-state index contributed by atoms with van der Waals surface area (Å²) in [6, 6.07) is 0. The second-order valence-electron chi connectivity index (χ2n) is 2.51. The van der Waals surface area contributed by atoms with Crippen molar-refractivity contribution in [1.29, 1.82) is 0 Å². The minimum atomic E-state index is -2.20. The molecule has 4 atom stereocenters. The predicted octanol–water partition coefficient (Wildman–Crippen LogP) is -3.50. The molecule has 0 saturated heterocycles. The third-order valence-corrected chi connectivity index (χ3v) is 1.51. The molecule has 0 unspecified atom stereocenters. The quantitative estimate of drug-likeness (QED) is 0.282. The van der Waals surface area contributed by atoms with Gasteiger partial charge in [-0.15, -0.1) is 0 Å². The minimum absolute atomic E-state index is 0. The van der Waals surface area contributed by atoms with E-state index in [1.807, 2.05) is 0 Å². The molecule has 14 heavy (non-hydrogen) atoms. The molecule has 80 valence electrons. The van der Waals surface area contributed by atoms with Crippen molar-refractivity contribution in [1.82, 2.24) is 0 Å². The zero-order valence-corrected chi connectivity index (χ0v) is 10.3. The first kappa shape index (κ1) is 16.3. The van der Waals surface area contributed by atoms with Crippen LogP contribution in [0.25, 0.3) is 0 Å². The van der Waals surface area contributed by atoms with Crippen molar-refractivity contribution in [3.05, 3.63) is 0 Å². The maximum atomic E-state index is 10.1. The van der Waals surface area contributed by atoms with Gasteiger partial charge in [0.05, 0.1) is 6.61 Å². The van der Waals surface area contributed by atoms with E-state index in [0.717, 1.165) is 0 Å². The van der Waals surface area contributed by atoms with Gasteiger partial charge < -0.3 is 30.6 Å². The molecule has 0 amide bonds. The summed E-state index contributed by atoms with van der Waals surface area (Å²) in [5, 5.41) is 51.8. The molecule has 0 rings (SSSR count). The van der Waals surface area contributed by atoms with Crippen molar-refractivity contribution in [2.24, 2.45) is 0 Å². The molecule has 0 bridgehead atoms. The molecular weight excluding hydrogens is 249 g/mol. The summed E-state index contributed by atoms with van der Waals surface area (Å²) in [6.07, 6.45) is -7.84. The van der Waals surface area contributed by atoms with Gasteiger partial charge >= 0.3 is 5.97 Å². The summed E-state index contributed by atoms with van der Waals surface area (Å²) >= 11 is 0. The van der Waals surface area contributed by atoms with Crippen molar-refractivity contribution in [2.75, 3.05) is 6.61 Å². The summed E-state index contributed by atoms with van der Waals surface area (Å²) in [4.78, 5) is 10.1. The molecule has 0 aromatic carbocycles. The summed E-state index contributed by atoms with van der Waals surface area (Å²) in [6.45, 7) is -0.843. The number of hydrogen-bond donors (Lipinski definition) is 6. The molecule has 0 saturated carbocycles. The summed E-state index contributed by atoms with van der Waals surface area (Å²) in [5.74, 6) is -1.73. The second kappa shape index (κ2) is 7.22. The van der Waals surface area contributed by atoms with Crippen molar-refractivity contribution < 1.29 is 54.9 Å². The van der Waals surface area contributed by atoms with Crippen LogP contribution in [0.4, 0.5) is 0 Å². The van der Waals surface area contributed by atoms with Crippen molar-refractivity contribution in [2.45, 2.75) is 24.4 Å². The average Bonchev–Trinajstić information content (AvgIpc) is 2.12. The topological polar surface area (TPSA) is 138 Å². The van der Waals surface area contributed by atoms with Crippen LogP contribution in [0.5, 0.6) is 0 Å². The fourth-order valence-electron chi connectivity index (χ4n) is 0.668. The standard InChI is InChI=1S/C6H12O7.Zn/c7-1-2(8)3(9)4(10)5(11)6(12)13;/h2-5,7-11H,1H2,(H,12,13);/t2-,3-,4+,5-;/m1./s1. The van der Waals surface area contributed by atoms with Gasteiger partial charge in [-0.3, -0.25) is 0 Å². The van der Waals surface area contributed by atoms with Gasteiger partial charge in [0.15, 0.2) is 6.10 Å². The number of aliphatic carboxylic acids is 1. The third kappa shape index (κ3) is 4.41. The van der Waals surface area contributed by atoms with Gasteiger partial charge in [-0.05, 0) is 0 Å². The van der Waals surface area contributed by atoms with E-state index in [-0.39, 0.29) is 19.5 Å². The van der Waals surface area contributed by atoms with Crippen LogP contribution in [-0.2, 0) is 24.3 Å². The van der Waals surface area contributed by atoms with E-state index in [1.54, 1.807) is 0 Å². The van der Waals surface area contributed by atoms with E-state index in [9.17, 15) is 4.79 Å². The monoisotopic (exact) mass is 260 g/mol. The Hall–Kier alpha value is -0.107. The van der Waals surface area contributed by atoms with Crippen LogP contribution in [0.15, 0.2) is 0 Å². The molecule has 0 radical (unpaired) electrons. The number of aliphatic hydroxyl groups excluding tert-OH is 5. The molecule has 0 fully saturated rings. The molecule has 0 aromatic rings. The Morgan fingerprint density at radius 2 is 1.50 bits per heavy atom. The minimum Gasteiger partial charge on any atom is -0.479 e. The molecule has 7 nitrogen and oxygen atoms in total. The summed E-state index contributed by atoms with van der Waals surface area (Å²) in [7, 11) is 0. The van der Waals surface area contributed by atoms with Gasteiger partial charge in [0.2, 0.25) is 0 Å². The Bertz CT molecular complexity index is 176. The molecule has 0 aliphatic heterocycles. The van der Waals surface area contributed by atoms with Gasteiger partial charge in [-0.25, -0.2) is 4.79 Å². The Morgan fingerprint density at radius 3 is 1.79 bits per heavy atom. The zero-order valence-electron chi connectivity index (χ0n) is 7.32. The predicted molar refractivity (Wildman–Crippen MR) is 38.7 cm³/mol. The van der Waals surface area contributed by atoms with Crippen molar-refractivity contribution >= 4 is 5.97 Å². The maximum absolute atomic E-state index is 10.1. The normalized spacial score (nSPS) is 18.9. The molecular formula is C6H12O7Zn. The molecule has 6 N–H and O–H groups in total. The zero-order chi connectivity index (χ0) is 10.6. The largest absolute Gasteiger partial charge is 0.479 e. The summed E-state index contributed by atoms with van der Waals surface area (Å²) < 4.78 is 0. The van der Waals surface area contributed by atoms with Gasteiger partial charge in [0, 0.05) is 19.5 Å². The van der Waals surface area contributed by atoms with Crippen LogP contribution in [0, 0.1) is 0 Å². The number of aliphatic hydroxyl groups is 5. The van der Waals surface area contributed by atoms with Crippen LogP contribution >= 0.6 is 0 Å². The molecule has 0 spiro atoms. The smallest absolute Gasteiger partial charge is 0.335 e. The maximum Gasteiger partial charge on any atom is 0.335 e. The first-order valence-corrected chi connectivity index (χ1v) is 3.47. The van der Waals surface area contributed by atoms with E-state index in [1.165, 1.54) is 0 Å². The Kier molecular flexibility index (Phi) is 8.42. The molecule has 0 aliphatic carbocycles. The van der Waals surface area contributed by atoms with Gasteiger partial charge in [0.1, 0.15) is 18.3 Å². The molecule has 0 aliphatic rings. The van der Waals surface area contributed by atoms with Crippen LogP contribution in [0.3, 0.4) is 0 Å². The molecule has 0 heterocycles. The van der Waals surface area contributed by atoms with E-state index < -0.39 is 37.0 Å². The van der Waals surface area contributed by atoms with Gasteiger partial charge in [-0.2, -0.15) is 0 Å². The van der Waals surface area contributed by atoms with E-state index >= 15 is 0 Å². The van der Waals surface area contributed by atoms with Crippen molar-refractivity contribution in [3.63, 3.8) is 0 Å². The van der Waals surface area contributed by atoms with E-state index in [2.05, 4.69) is 0 Å². The molecule has 0 aromatic heterocycles. The number of hydrogen-bond acceptors (Lipinski definition) is 6. The first-order chi connectivity index (χ1) is 5.91. The fraction of sp³-hybridized carbons (Fsp3) is 0.833. The third-order valence-electron chi connectivity index (χ3n) is 1.51. The SMILES string of the molecule is O=C(O)[C@H](O)[C@@H](O)[C@H](O)[C@H](O)CO.[Zn]. The van der Waals surface area contributed by atoms with Crippen LogP contribution < -0.4 is 0 Å². The summed E-state index contributed by atoms with van der Waals surface area (Å²) in [5.41, 5.74) is 0. The number of carbonyl (C=O) groups is 1. The Labute approximate surface area is 92.4 Å². The Balaban J connectivity index is 0. The van der Waals surface area contributed by atoms with Crippen molar-refractivity contribution in [3.8, 4) is 0 Å². The van der Waals surface area contributed by atoms with Crippen LogP contribution in [0.1, 0.15) is 0 Å². The molecule has 8 heteroatoms. The van der Waals surface area contributed by atoms with E-state index in [0.29, 0.717) is 0 Å².